The van der Waals surface area contributed by atoms with Crippen LogP contribution in [0.25, 0.3) is 5.70 Å². The van der Waals surface area contributed by atoms with Gasteiger partial charge in [-0.1, -0.05) is 50.6 Å². The lowest BCUT2D eigenvalue weighted by Gasteiger charge is -2.33. The number of anilines is 1. The maximum absolute atomic E-state index is 13.3. The van der Waals surface area contributed by atoms with E-state index in [4.69, 9.17) is 14.6 Å². The topological polar surface area (TPSA) is 80.7 Å². The number of fused-ring (bicyclic) bond motifs is 1. The van der Waals surface area contributed by atoms with Gasteiger partial charge in [0.25, 0.3) is 0 Å². The largest absolute Gasteiger partial charge is 0.492 e. The second-order valence-electron chi connectivity index (χ2n) is 11.9. The van der Waals surface area contributed by atoms with Crippen LogP contribution in [0.4, 0.5) is 10.6 Å². The van der Waals surface area contributed by atoms with Crippen molar-refractivity contribution < 1.29 is 14.3 Å². The highest BCUT2D eigenvalue weighted by Crippen LogP contribution is 2.35. The molecular formula is C31H43N5O3. The number of aromatic nitrogens is 2. The molecule has 2 N–H and O–H groups in total. The number of rotatable bonds is 7. The SMILES string of the molecule is CC1=CC=C(n2nc(C(C)(C)C)cc2NC(=O)NC2C=CC(OCCN3CCOCC3)=C3CCC=CC32)CC1. The number of ether oxygens (including phenoxy) is 2. The van der Waals surface area contributed by atoms with Crippen LogP contribution in [-0.2, 0) is 14.9 Å². The molecule has 8 nitrogen and oxygen atoms in total. The van der Waals surface area contributed by atoms with E-state index < -0.39 is 0 Å². The summed E-state index contributed by atoms with van der Waals surface area (Å²) < 4.78 is 13.6. The number of nitrogens with one attached hydrogen (secondary N) is 2. The Hall–Kier alpha value is -3.10. The molecule has 1 aromatic rings. The third-order valence-corrected chi connectivity index (χ3v) is 7.88. The van der Waals surface area contributed by atoms with Crippen LogP contribution in [0.2, 0.25) is 0 Å². The Balaban J connectivity index is 1.26. The first-order valence-electron chi connectivity index (χ1n) is 14.3. The number of urea groups is 1. The molecule has 8 heteroatoms. The average Bonchev–Trinajstić information content (AvgIpc) is 3.35. The molecule has 0 spiro atoms. The lowest BCUT2D eigenvalue weighted by molar-refractivity contribution is 0.0278. The second kappa shape index (κ2) is 12.0. The minimum atomic E-state index is -0.232. The molecule has 0 bridgehead atoms. The molecule has 2 atom stereocenters. The van der Waals surface area contributed by atoms with Gasteiger partial charge in [-0.25, -0.2) is 9.48 Å². The normalized spacial score (nSPS) is 23.7. The van der Waals surface area contributed by atoms with Gasteiger partial charge in [0.1, 0.15) is 18.2 Å². The van der Waals surface area contributed by atoms with Gasteiger partial charge < -0.3 is 14.8 Å². The van der Waals surface area contributed by atoms with Crippen molar-refractivity contribution in [2.45, 2.75) is 64.8 Å². The predicted octanol–water partition coefficient (Wildman–Crippen LogP) is 5.39. The Morgan fingerprint density at radius 3 is 2.72 bits per heavy atom. The van der Waals surface area contributed by atoms with E-state index in [0.29, 0.717) is 12.4 Å². The van der Waals surface area contributed by atoms with Gasteiger partial charge in [0, 0.05) is 42.7 Å². The first-order valence-corrected chi connectivity index (χ1v) is 14.3. The fourth-order valence-electron chi connectivity index (χ4n) is 5.46. The zero-order valence-corrected chi connectivity index (χ0v) is 23.8. The fraction of sp³-hybridized carbons (Fsp3) is 0.548. The van der Waals surface area contributed by atoms with Crippen LogP contribution in [0, 0.1) is 5.92 Å². The number of amides is 2. The molecule has 39 heavy (non-hydrogen) atoms. The minimum Gasteiger partial charge on any atom is -0.492 e. The minimum absolute atomic E-state index is 0.0945. The standard InChI is InChI=1S/C31H43N5O3/c1-22-9-11-23(12-10-22)36-29(21-28(34-36)31(2,3)4)33-30(37)32-26-13-14-27(25-8-6-5-7-24(25)26)39-20-17-35-15-18-38-19-16-35/h5,7,9,11,13-14,21,24,26H,6,8,10,12,15-20H2,1-4H3,(H2,32,33,37). The monoisotopic (exact) mass is 533 g/mol. The zero-order valence-electron chi connectivity index (χ0n) is 23.8. The molecule has 0 aromatic carbocycles. The van der Waals surface area contributed by atoms with Gasteiger partial charge in [-0.3, -0.25) is 10.2 Å². The van der Waals surface area contributed by atoms with Crippen LogP contribution in [0.3, 0.4) is 0 Å². The maximum Gasteiger partial charge on any atom is 0.320 e. The third-order valence-electron chi connectivity index (χ3n) is 7.88. The van der Waals surface area contributed by atoms with Crippen molar-refractivity contribution in [3.05, 3.63) is 65.1 Å². The van der Waals surface area contributed by atoms with Gasteiger partial charge >= 0.3 is 6.03 Å². The molecule has 0 saturated carbocycles. The summed E-state index contributed by atoms with van der Waals surface area (Å²) in [5.74, 6) is 1.74. The highest BCUT2D eigenvalue weighted by Gasteiger charge is 2.31. The molecular weight excluding hydrogens is 490 g/mol. The number of morpholine rings is 1. The summed E-state index contributed by atoms with van der Waals surface area (Å²) in [6, 6.07) is 1.62. The number of hydrogen-bond acceptors (Lipinski definition) is 5. The Morgan fingerprint density at radius 1 is 1.15 bits per heavy atom. The Bertz CT molecular complexity index is 1210. The highest BCUT2D eigenvalue weighted by molar-refractivity contribution is 5.89. The van der Waals surface area contributed by atoms with E-state index in [1.807, 2.05) is 16.8 Å². The molecule has 1 aromatic heterocycles. The zero-order chi connectivity index (χ0) is 27.4. The summed E-state index contributed by atoms with van der Waals surface area (Å²) in [5.41, 5.74) is 4.52. The van der Waals surface area contributed by atoms with E-state index in [0.717, 1.165) is 75.7 Å². The van der Waals surface area contributed by atoms with E-state index in [2.05, 4.69) is 73.6 Å². The highest BCUT2D eigenvalue weighted by atomic mass is 16.5. The quantitative estimate of drug-likeness (QED) is 0.460. The third kappa shape index (κ3) is 6.73. The lowest BCUT2D eigenvalue weighted by Crippen LogP contribution is -2.43. The number of carbonyl (C=O) groups excluding carboxylic acids is 1. The summed E-state index contributed by atoms with van der Waals surface area (Å²) in [6.07, 6.45) is 16.6. The first-order chi connectivity index (χ1) is 18.8. The van der Waals surface area contributed by atoms with E-state index in [1.165, 1.54) is 11.1 Å². The van der Waals surface area contributed by atoms with E-state index in [-0.39, 0.29) is 23.4 Å². The van der Waals surface area contributed by atoms with Crippen molar-refractivity contribution in [2.24, 2.45) is 5.92 Å². The Kier molecular flexibility index (Phi) is 8.43. The van der Waals surface area contributed by atoms with Crippen molar-refractivity contribution >= 4 is 17.5 Å². The summed E-state index contributed by atoms with van der Waals surface area (Å²) >= 11 is 0. The first kappa shape index (κ1) is 27.5. The van der Waals surface area contributed by atoms with Crippen LogP contribution in [-0.4, -0.2) is 66.2 Å². The molecule has 2 heterocycles. The van der Waals surface area contributed by atoms with Crippen LogP contribution >= 0.6 is 0 Å². The molecule has 1 saturated heterocycles. The number of hydrogen-bond donors (Lipinski definition) is 2. The van der Waals surface area contributed by atoms with Crippen molar-refractivity contribution in [1.29, 1.82) is 0 Å². The fourth-order valence-corrected chi connectivity index (χ4v) is 5.46. The lowest BCUT2D eigenvalue weighted by atomic mass is 9.80. The summed E-state index contributed by atoms with van der Waals surface area (Å²) in [4.78, 5) is 15.7. The van der Waals surface area contributed by atoms with E-state index in [1.54, 1.807) is 0 Å². The summed E-state index contributed by atoms with van der Waals surface area (Å²) in [5, 5.41) is 11.2. The number of carbonyl (C=O) groups is 1. The molecule has 1 aliphatic heterocycles. The smallest absolute Gasteiger partial charge is 0.320 e. The Morgan fingerprint density at radius 2 is 1.97 bits per heavy atom. The molecule has 210 valence electrons. The van der Waals surface area contributed by atoms with Gasteiger partial charge in [0.15, 0.2) is 0 Å². The van der Waals surface area contributed by atoms with Gasteiger partial charge in [-0.2, -0.15) is 5.10 Å². The molecule has 2 unspecified atom stereocenters. The molecule has 1 fully saturated rings. The van der Waals surface area contributed by atoms with Gasteiger partial charge in [-0.15, -0.1) is 0 Å². The molecule has 2 amide bonds. The maximum atomic E-state index is 13.3. The summed E-state index contributed by atoms with van der Waals surface area (Å²) in [7, 11) is 0. The van der Waals surface area contributed by atoms with E-state index in [9.17, 15) is 4.79 Å². The number of nitrogens with zero attached hydrogens (tertiary/aromatic N) is 3. The van der Waals surface area contributed by atoms with Gasteiger partial charge in [-0.05, 0) is 50.3 Å². The van der Waals surface area contributed by atoms with Crippen LogP contribution < -0.4 is 10.6 Å². The van der Waals surface area contributed by atoms with Gasteiger partial charge in [0.2, 0.25) is 0 Å². The van der Waals surface area contributed by atoms with Crippen molar-refractivity contribution in [2.75, 3.05) is 44.8 Å². The average molecular weight is 534 g/mol. The molecule has 0 radical (unpaired) electrons. The molecule has 4 aliphatic rings. The van der Waals surface area contributed by atoms with E-state index >= 15 is 0 Å². The van der Waals surface area contributed by atoms with Crippen molar-refractivity contribution in [1.82, 2.24) is 20.0 Å². The van der Waals surface area contributed by atoms with Crippen molar-refractivity contribution in [3.63, 3.8) is 0 Å². The van der Waals surface area contributed by atoms with Crippen molar-refractivity contribution in [3.8, 4) is 0 Å². The molecule has 5 rings (SSSR count). The predicted molar refractivity (Wildman–Crippen MR) is 155 cm³/mol. The van der Waals surface area contributed by atoms with Gasteiger partial charge in [0.05, 0.1) is 24.9 Å². The van der Waals surface area contributed by atoms with Crippen LogP contribution in [0.15, 0.2) is 59.4 Å². The summed E-state index contributed by atoms with van der Waals surface area (Å²) in [6.45, 7) is 13.6. The Labute approximate surface area is 232 Å². The second-order valence-corrected chi connectivity index (χ2v) is 11.9. The molecule has 3 aliphatic carbocycles. The number of allylic oxidation sites excluding steroid dienone is 6. The van der Waals surface area contributed by atoms with Crippen LogP contribution in [0.1, 0.15) is 59.1 Å². The van der Waals surface area contributed by atoms with Crippen LogP contribution in [0.5, 0.6) is 0 Å².